The quantitative estimate of drug-likeness (QED) is 0.144. The maximum atomic E-state index is 12.7. The van der Waals surface area contributed by atoms with E-state index in [2.05, 4.69) is 16.0 Å². The highest BCUT2D eigenvalue weighted by Gasteiger charge is 2.30. The molecule has 0 aliphatic rings. The smallest absolute Gasteiger partial charge is 0.325 e. The summed E-state index contributed by atoms with van der Waals surface area (Å²) in [5, 5.41) is 24.8. The minimum Gasteiger partial charge on any atom is -0.481 e. The number of hydrogen-bond acceptors (Lipinski definition) is 7. The van der Waals surface area contributed by atoms with Crippen LogP contribution in [0.4, 0.5) is 0 Å². The Balaban J connectivity index is 5.46. The summed E-state index contributed by atoms with van der Waals surface area (Å²) in [4.78, 5) is 70.5. The van der Waals surface area contributed by atoms with Crippen molar-refractivity contribution in [3.8, 4) is 0 Å². The third-order valence-corrected chi connectivity index (χ3v) is 4.38. The first-order chi connectivity index (χ1) is 14.7. The minimum atomic E-state index is -1.34. The van der Waals surface area contributed by atoms with E-state index in [-0.39, 0.29) is 25.2 Å². The van der Waals surface area contributed by atoms with E-state index in [1.807, 2.05) is 13.8 Å². The third kappa shape index (κ3) is 11.8. The van der Waals surface area contributed by atoms with Crippen LogP contribution in [-0.2, 0) is 28.8 Å². The van der Waals surface area contributed by atoms with Gasteiger partial charge in [-0.15, -0.1) is 0 Å². The van der Waals surface area contributed by atoms with Crippen LogP contribution < -0.4 is 27.4 Å². The lowest BCUT2D eigenvalue weighted by molar-refractivity contribution is -0.142. The van der Waals surface area contributed by atoms with Crippen molar-refractivity contribution in [2.75, 3.05) is 0 Å². The predicted molar refractivity (Wildman–Crippen MR) is 112 cm³/mol. The van der Waals surface area contributed by atoms with Gasteiger partial charge in [-0.2, -0.15) is 0 Å². The molecule has 13 heteroatoms. The van der Waals surface area contributed by atoms with Gasteiger partial charge in [0.1, 0.15) is 18.1 Å². The number of nitrogens with two attached hydrogens (primary N) is 2. The van der Waals surface area contributed by atoms with Gasteiger partial charge in [-0.1, -0.05) is 13.8 Å². The summed E-state index contributed by atoms with van der Waals surface area (Å²) in [7, 11) is 0. The summed E-state index contributed by atoms with van der Waals surface area (Å²) >= 11 is 0. The molecule has 0 aliphatic carbocycles. The number of rotatable bonds is 15. The Morgan fingerprint density at radius 1 is 0.781 bits per heavy atom. The fourth-order valence-electron chi connectivity index (χ4n) is 2.63. The van der Waals surface area contributed by atoms with Crippen LogP contribution in [0.3, 0.4) is 0 Å². The molecule has 32 heavy (non-hydrogen) atoms. The SMILES string of the molecule is CC(C)CC(N)C(=O)NC(CCC(=O)O)C(=O)NC(CCC(N)=O)C(=O)NC(C)C(=O)O. The molecule has 0 saturated heterocycles. The van der Waals surface area contributed by atoms with E-state index < -0.39 is 66.2 Å². The summed E-state index contributed by atoms with van der Waals surface area (Å²) in [5.41, 5.74) is 10.9. The number of amides is 4. The molecular formula is C19H33N5O8. The van der Waals surface area contributed by atoms with Gasteiger partial charge in [-0.3, -0.25) is 28.8 Å². The zero-order valence-electron chi connectivity index (χ0n) is 18.4. The highest BCUT2D eigenvalue weighted by atomic mass is 16.4. The molecule has 0 aromatic rings. The molecule has 0 spiro atoms. The van der Waals surface area contributed by atoms with Crippen molar-refractivity contribution in [2.45, 2.75) is 77.0 Å². The van der Waals surface area contributed by atoms with Crippen LogP contribution in [0, 0.1) is 5.92 Å². The molecule has 0 saturated carbocycles. The van der Waals surface area contributed by atoms with Crippen LogP contribution in [0.15, 0.2) is 0 Å². The minimum absolute atomic E-state index is 0.0974. The molecule has 0 fully saturated rings. The molecule has 4 atom stereocenters. The molecule has 13 nitrogen and oxygen atoms in total. The lowest BCUT2D eigenvalue weighted by atomic mass is 10.0. The highest BCUT2D eigenvalue weighted by Crippen LogP contribution is 2.06. The van der Waals surface area contributed by atoms with E-state index in [0.717, 1.165) is 0 Å². The first-order valence-electron chi connectivity index (χ1n) is 10.1. The average Bonchev–Trinajstić information content (AvgIpc) is 2.66. The van der Waals surface area contributed by atoms with Gasteiger partial charge in [0.2, 0.25) is 23.6 Å². The summed E-state index contributed by atoms with van der Waals surface area (Å²) in [5.74, 6) is -5.61. The van der Waals surface area contributed by atoms with Crippen molar-refractivity contribution in [3.05, 3.63) is 0 Å². The van der Waals surface area contributed by atoms with E-state index in [9.17, 15) is 28.8 Å². The third-order valence-electron chi connectivity index (χ3n) is 4.38. The molecule has 0 aliphatic heterocycles. The molecule has 9 N–H and O–H groups in total. The average molecular weight is 460 g/mol. The second-order valence-electron chi connectivity index (χ2n) is 7.86. The van der Waals surface area contributed by atoms with Crippen molar-refractivity contribution >= 4 is 35.6 Å². The van der Waals surface area contributed by atoms with Gasteiger partial charge in [-0.25, -0.2) is 0 Å². The maximum Gasteiger partial charge on any atom is 0.325 e. The lowest BCUT2D eigenvalue weighted by Crippen LogP contribution is -2.57. The van der Waals surface area contributed by atoms with E-state index >= 15 is 0 Å². The first kappa shape index (κ1) is 28.8. The predicted octanol–water partition coefficient (Wildman–Crippen LogP) is -1.95. The van der Waals surface area contributed by atoms with Gasteiger partial charge >= 0.3 is 11.9 Å². The van der Waals surface area contributed by atoms with Gasteiger partial charge in [0.05, 0.1) is 6.04 Å². The number of hydrogen-bond donors (Lipinski definition) is 7. The van der Waals surface area contributed by atoms with Crippen LogP contribution in [0.1, 0.15) is 52.9 Å². The van der Waals surface area contributed by atoms with E-state index in [1.54, 1.807) is 0 Å². The van der Waals surface area contributed by atoms with E-state index in [1.165, 1.54) is 6.92 Å². The van der Waals surface area contributed by atoms with E-state index in [0.29, 0.717) is 6.42 Å². The lowest BCUT2D eigenvalue weighted by Gasteiger charge is -2.24. The summed E-state index contributed by atoms with van der Waals surface area (Å²) in [6, 6.07) is -4.87. The molecular weight excluding hydrogens is 426 g/mol. The Hall–Kier alpha value is -3.22. The number of primary amides is 1. The largest absolute Gasteiger partial charge is 0.481 e. The maximum absolute atomic E-state index is 12.7. The first-order valence-corrected chi connectivity index (χ1v) is 10.1. The van der Waals surface area contributed by atoms with Crippen LogP contribution >= 0.6 is 0 Å². The fourth-order valence-corrected chi connectivity index (χ4v) is 2.63. The van der Waals surface area contributed by atoms with Gasteiger partial charge in [0, 0.05) is 12.8 Å². The summed E-state index contributed by atoms with van der Waals surface area (Å²) in [6.07, 6.45) is -0.921. The van der Waals surface area contributed by atoms with Gasteiger partial charge in [0.25, 0.3) is 0 Å². The number of carboxylic acids is 2. The zero-order chi connectivity index (χ0) is 25.0. The molecule has 0 aromatic carbocycles. The Bertz CT molecular complexity index is 712. The zero-order valence-corrected chi connectivity index (χ0v) is 18.4. The van der Waals surface area contributed by atoms with Crippen LogP contribution in [0.2, 0.25) is 0 Å². The van der Waals surface area contributed by atoms with Crippen molar-refractivity contribution < 1.29 is 39.0 Å². The Morgan fingerprint density at radius 2 is 1.25 bits per heavy atom. The second-order valence-corrected chi connectivity index (χ2v) is 7.86. The summed E-state index contributed by atoms with van der Waals surface area (Å²) in [6.45, 7) is 4.91. The van der Waals surface area contributed by atoms with Crippen molar-refractivity contribution in [1.29, 1.82) is 0 Å². The molecule has 0 bridgehead atoms. The van der Waals surface area contributed by atoms with Crippen molar-refractivity contribution in [2.24, 2.45) is 17.4 Å². The molecule has 0 radical (unpaired) electrons. The standard InChI is InChI=1S/C19H33N5O8/c1-9(2)8-11(20)16(28)23-13(5-7-15(26)27)18(30)24-12(4-6-14(21)25)17(29)22-10(3)19(31)32/h9-13H,4-8,20H2,1-3H3,(H2,21,25)(H,22,29)(H,23,28)(H,24,30)(H,26,27)(H,31,32). The fraction of sp³-hybridized carbons (Fsp3) is 0.684. The van der Waals surface area contributed by atoms with Crippen LogP contribution in [-0.4, -0.2) is 69.9 Å². The van der Waals surface area contributed by atoms with Gasteiger partial charge < -0.3 is 37.6 Å². The molecule has 4 amide bonds. The number of carbonyl (C=O) groups is 6. The number of carboxylic acid groups (broad SMARTS) is 2. The normalized spacial score (nSPS) is 14.5. The molecule has 0 aromatic heterocycles. The highest BCUT2D eigenvalue weighted by molar-refractivity contribution is 5.94. The van der Waals surface area contributed by atoms with Crippen molar-refractivity contribution in [3.63, 3.8) is 0 Å². The molecule has 182 valence electrons. The second kappa shape index (κ2) is 14.0. The Kier molecular flexibility index (Phi) is 12.6. The monoisotopic (exact) mass is 459 g/mol. The Morgan fingerprint density at radius 3 is 1.69 bits per heavy atom. The number of carbonyl (C=O) groups excluding carboxylic acids is 4. The van der Waals surface area contributed by atoms with Crippen molar-refractivity contribution in [1.82, 2.24) is 16.0 Å². The number of nitrogens with one attached hydrogen (secondary N) is 3. The number of aliphatic carboxylic acids is 2. The topological polar surface area (TPSA) is 231 Å². The van der Waals surface area contributed by atoms with Gasteiger partial charge in [-0.05, 0) is 32.1 Å². The Labute approximate surface area is 185 Å². The van der Waals surface area contributed by atoms with Crippen LogP contribution in [0.5, 0.6) is 0 Å². The molecule has 0 heterocycles. The summed E-state index contributed by atoms with van der Waals surface area (Å²) < 4.78 is 0. The van der Waals surface area contributed by atoms with Crippen LogP contribution in [0.25, 0.3) is 0 Å². The molecule has 0 rings (SSSR count). The van der Waals surface area contributed by atoms with Gasteiger partial charge in [0.15, 0.2) is 0 Å². The van der Waals surface area contributed by atoms with E-state index in [4.69, 9.17) is 21.7 Å². The molecule has 4 unspecified atom stereocenters.